The van der Waals surface area contributed by atoms with E-state index in [1.807, 2.05) is 69.3 Å². The number of hydrogen-bond acceptors (Lipinski definition) is 6. The van der Waals surface area contributed by atoms with E-state index in [1.165, 1.54) is 4.68 Å². The number of fused-ring (bicyclic) bond motifs is 1. The lowest BCUT2D eigenvalue weighted by Gasteiger charge is -2.18. The number of para-hydroxylation sites is 1. The third-order valence-corrected chi connectivity index (χ3v) is 8.83. The molecule has 0 unspecified atom stereocenters. The maximum atomic E-state index is 13.9. The van der Waals surface area contributed by atoms with Crippen molar-refractivity contribution in [2.24, 2.45) is 5.10 Å². The van der Waals surface area contributed by atoms with Crippen LogP contribution in [0.4, 0.5) is 0 Å². The van der Waals surface area contributed by atoms with Crippen molar-refractivity contribution in [1.29, 1.82) is 0 Å². The highest BCUT2D eigenvalue weighted by Gasteiger charge is 2.19. The topological polar surface area (TPSA) is 74.9 Å². The van der Waals surface area contributed by atoms with Crippen LogP contribution in [0.3, 0.4) is 0 Å². The average Bonchev–Trinajstić information content (AvgIpc) is 3.01. The molecule has 0 saturated carbocycles. The largest absolute Gasteiger partial charge is 0.494 e. The van der Waals surface area contributed by atoms with Crippen molar-refractivity contribution < 1.29 is 14.2 Å². The smallest absolute Gasteiger partial charge is 0.282 e. The van der Waals surface area contributed by atoms with Gasteiger partial charge >= 0.3 is 0 Å². The zero-order chi connectivity index (χ0) is 33.0. The van der Waals surface area contributed by atoms with Crippen LogP contribution in [-0.4, -0.2) is 29.1 Å². The number of aryl methyl sites for hydroxylation is 1. The van der Waals surface area contributed by atoms with Gasteiger partial charge in [-0.15, -0.1) is 0 Å². The van der Waals surface area contributed by atoms with Crippen LogP contribution in [-0.2, 0) is 6.61 Å². The second kappa shape index (κ2) is 14.8. The molecule has 238 valence electrons. The lowest BCUT2D eigenvalue weighted by Crippen LogP contribution is -2.21. The maximum absolute atomic E-state index is 13.9. The number of aromatic nitrogens is 2. The van der Waals surface area contributed by atoms with Crippen LogP contribution in [0.5, 0.6) is 17.2 Å². The molecule has 0 radical (unpaired) electrons. The zero-order valence-corrected chi connectivity index (χ0v) is 30.2. The van der Waals surface area contributed by atoms with Crippen LogP contribution < -0.4 is 19.8 Å². The Labute approximate surface area is 290 Å². The molecule has 0 aliphatic heterocycles. The minimum absolute atomic E-state index is 0.190. The lowest BCUT2D eigenvalue weighted by molar-refractivity contribution is 0.269. The summed E-state index contributed by atoms with van der Waals surface area (Å²) in [6, 6.07) is 20.7. The first kappa shape index (κ1) is 33.7. The van der Waals surface area contributed by atoms with Gasteiger partial charge in [-0.2, -0.15) is 9.78 Å². The van der Waals surface area contributed by atoms with Crippen LogP contribution in [0.25, 0.3) is 22.3 Å². The molecule has 5 rings (SSSR count). The lowest BCUT2D eigenvalue weighted by atomic mass is 9.96. The maximum Gasteiger partial charge on any atom is 0.282 e. The van der Waals surface area contributed by atoms with E-state index in [2.05, 4.69) is 50.8 Å². The monoisotopic (exact) mass is 765 g/mol. The van der Waals surface area contributed by atoms with Crippen LogP contribution in [0.1, 0.15) is 55.9 Å². The van der Waals surface area contributed by atoms with E-state index in [9.17, 15) is 4.79 Å². The predicted octanol–water partition coefficient (Wildman–Crippen LogP) is 9.93. The van der Waals surface area contributed by atoms with Crippen molar-refractivity contribution in [3.05, 3.63) is 113 Å². The highest BCUT2D eigenvalue weighted by Crippen LogP contribution is 2.38. The Morgan fingerprint density at radius 3 is 2.41 bits per heavy atom. The van der Waals surface area contributed by atoms with Crippen molar-refractivity contribution in [3.63, 3.8) is 0 Å². The van der Waals surface area contributed by atoms with Gasteiger partial charge in [0, 0.05) is 20.1 Å². The Balaban J connectivity index is 1.59. The van der Waals surface area contributed by atoms with Crippen molar-refractivity contribution in [2.75, 3.05) is 13.2 Å². The second-order valence-electron chi connectivity index (χ2n) is 10.9. The van der Waals surface area contributed by atoms with E-state index >= 15 is 0 Å². The van der Waals surface area contributed by atoms with E-state index < -0.39 is 0 Å². The minimum atomic E-state index is -0.285. The standard InChI is InChI=1S/C36H34Br2ClN3O4/c1-6-44-32-14-22(5)28(18-27(32)21(3)4)35-41-31-11-9-8-10-26(31)36(43)42(35)40-19-23-15-30(39)34(33(16-23)45-7-2)46-20-24-12-13-25(37)17-29(24)38/h8-19,21H,6-7,20H2,1-5H3. The van der Waals surface area contributed by atoms with Crippen molar-refractivity contribution in [1.82, 2.24) is 9.66 Å². The molecular weight excluding hydrogens is 734 g/mol. The molecule has 1 heterocycles. The number of hydrogen-bond donors (Lipinski definition) is 0. The third kappa shape index (κ3) is 7.32. The fraction of sp³-hybridized carbons (Fsp3) is 0.250. The molecule has 5 aromatic rings. The van der Waals surface area contributed by atoms with Crippen LogP contribution in [0, 0.1) is 6.92 Å². The molecule has 46 heavy (non-hydrogen) atoms. The molecule has 0 amide bonds. The quantitative estimate of drug-likeness (QED) is 0.125. The predicted molar refractivity (Wildman–Crippen MR) is 193 cm³/mol. The second-order valence-corrected chi connectivity index (χ2v) is 13.1. The molecule has 0 N–H and O–H groups in total. The highest BCUT2D eigenvalue weighted by molar-refractivity contribution is 9.11. The van der Waals surface area contributed by atoms with Gasteiger partial charge in [0.25, 0.3) is 5.56 Å². The van der Waals surface area contributed by atoms with E-state index in [0.717, 1.165) is 36.9 Å². The van der Waals surface area contributed by atoms with Crippen LogP contribution in [0.2, 0.25) is 5.02 Å². The summed E-state index contributed by atoms with van der Waals surface area (Å²) in [7, 11) is 0. The number of halogens is 3. The first-order valence-corrected chi connectivity index (χ1v) is 16.9. The summed E-state index contributed by atoms with van der Waals surface area (Å²) < 4.78 is 21.2. The molecular formula is C36H34Br2ClN3O4. The van der Waals surface area contributed by atoms with Crippen molar-refractivity contribution >= 4 is 60.6 Å². The van der Waals surface area contributed by atoms with Gasteiger partial charge in [0.15, 0.2) is 17.3 Å². The zero-order valence-electron chi connectivity index (χ0n) is 26.2. The number of nitrogens with zero attached hydrogens (tertiary/aromatic N) is 3. The molecule has 1 aromatic heterocycles. The first-order chi connectivity index (χ1) is 22.1. The van der Waals surface area contributed by atoms with Gasteiger partial charge in [-0.05, 0) is 91.9 Å². The van der Waals surface area contributed by atoms with Gasteiger partial charge in [0.2, 0.25) is 0 Å². The Morgan fingerprint density at radius 2 is 1.70 bits per heavy atom. The number of ether oxygens (including phenoxy) is 3. The molecule has 0 spiro atoms. The van der Waals surface area contributed by atoms with Gasteiger partial charge in [0.1, 0.15) is 12.4 Å². The molecule has 0 bridgehead atoms. The molecule has 10 heteroatoms. The van der Waals surface area contributed by atoms with Crippen LogP contribution in [0.15, 0.2) is 85.6 Å². The summed E-state index contributed by atoms with van der Waals surface area (Å²) in [4.78, 5) is 18.8. The van der Waals surface area contributed by atoms with Gasteiger partial charge in [-0.1, -0.05) is 75.5 Å². The van der Waals surface area contributed by atoms with Gasteiger partial charge < -0.3 is 14.2 Å². The Morgan fingerprint density at radius 1 is 0.957 bits per heavy atom. The fourth-order valence-corrected chi connectivity index (χ4v) is 6.49. The fourth-order valence-electron chi connectivity index (χ4n) is 5.05. The number of rotatable bonds is 11. The van der Waals surface area contributed by atoms with E-state index in [4.69, 9.17) is 30.8 Å². The van der Waals surface area contributed by atoms with Gasteiger partial charge in [-0.25, -0.2) is 4.98 Å². The van der Waals surface area contributed by atoms with Gasteiger partial charge in [0.05, 0.1) is 35.4 Å². The molecule has 4 aromatic carbocycles. The van der Waals surface area contributed by atoms with E-state index in [0.29, 0.717) is 52.0 Å². The number of benzene rings is 4. The summed E-state index contributed by atoms with van der Waals surface area (Å²) in [5.41, 5.74) is 4.62. The first-order valence-electron chi connectivity index (χ1n) is 15.0. The van der Waals surface area contributed by atoms with Crippen molar-refractivity contribution in [3.8, 4) is 28.6 Å². The third-order valence-electron chi connectivity index (χ3n) is 7.31. The molecule has 0 aliphatic carbocycles. The molecule has 7 nitrogen and oxygen atoms in total. The van der Waals surface area contributed by atoms with Crippen molar-refractivity contribution in [2.45, 2.75) is 47.1 Å². The summed E-state index contributed by atoms with van der Waals surface area (Å²) in [6.45, 7) is 11.3. The minimum Gasteiger partial charge on any atom is -0.494 e. The Hall–Kier alpha value is -3.66. The normalized spacial score (nSPS) is 11.5. The van der Waals surface area contributed by atoms with Crippen LogP contribution >= 0.6 is 43.5 Å². The highest BCUT2D eigenvalue weighted by atomic mass is 79.9. The molecule has 0 aliphatic rings. The summed E-state index contributed by atoms with van der Waals surface area (Å²) in [6.07, 6.45) is 1.58. The SMILES string of the molecule is CCOc1cc(C)c(-c2nc3ccccc3c(=O)n2N=Cc2cc(Cl)c(OCc3ccc(Br)cc3Br)c(OCC)c2)cc1C(C)C. The average molecular weight is 768 g/mol. The summed E-state index contributed by atoms with van der Waals surface area (Å²) in [5, 5.41) is 5.50. The van der Waals surface area contributed by atoms with E-state index in [1.54, 1.807) is 24.4 Å². The van der Waals surface area contributed by atoms with E-state index in [-0.39, 0.29) is 18.1 Å². The Bertz CT molecular complexity index is 1990. The Kier molecular flexibility index (Phi) is 10.9. The molecule has 0 saturated heterocycles. The van der Waals surface area contributed by atoms with Gasteiger partial charge in [-0.3, -0.25) is 4.79 Å². The molecule has 0 atom stereocenters. The molecule has 0 fully saturated rings. The summed E-state index contributed by atoms with van der Waals surface area (Å²) in [5.74, 6) is 2.34. The summed E-state index contributed by atoms with van der Waals surface area (Å²) >= 11 is 13.8.